The van der Waals surface area contributed by atoms with E-state index in [-0.39, 0.29) is 17.2 Å². The number of aromatic nitrogens is 4. The summed E-state index contributed by atoms with van der Waals surface area (Å²) in [6, 6.07) is 15.9. The summed E-state index contributed by atoms with van der Waals surface area (Å²) in [5.41, 5.74) is 0.952. The fraction of sp³-hybridized carbons (Fsp3) is 0.217. The van der Waals surface area contributed by atoms with Gasteiger partial charge >= 0.3 is 0 Å². The van der Waals surface area contributed by atoms with E-state index in [0.717, 1.165) is 23.1 Å². The van der Waals surface area contributed by atoms with Gasteiger partial charge in [-0.05, 0) is 19.1 Å². The molecule has 0 saturated carbocycles. The number of aromatic amines is 1. The zero-order valence-electron chi connectivity index (χ0n) is 16.9. The molecule has 2 atom stereocenters. The highest BCUT2D eigenvalue weighted by atomic mass is 16.5. The Morgan fingerprint density at radius 1 is 1.16 bits per heavy atom. The Morgan fingerprint density at radius 3 is 2.87 bits per heavy atom. The summed E-state index contributed by atoms with van der Waals surface area (Å²) < 4.78 is 7.06. The minimum absolute atomic E-state index is 0.0415. The van der Waals surface area contributed by atoms with Crippen molar-refractivity contribution in [1.29, 1.82) is 0 Å². The number of fused-ring (bicyclic) bond motifs is 2. The van der Waals surface area contributed by atoms with Crippen molar-refractivity contribution in [2.45, 2.75) is 25.4 Å². The van der Waals surface area contributed by atoms with Gasteiger partial charge in [0.1, 0.15) is 5.75 Å². The maximum absolute atomic E-state index is 12.9. The third kappa shape index (κ3) is 3.56. The fourth-order valence-corrected chi connectivity index (χ4v) is 3.92. The highest BCUT2D eigenvalue weighted by Crippen LogP contribution is 2.33. The third-order valence-electron chi connectivity index (χ3n) is 5.55. The van der Waals surface area contributed by atoms with E-state index in [2.05, 4.69) is 20.4 Å². The summed E-state index contributed by atoms with van der Waals surface area (Å²) in [6.45, 7) is 2.38. The van der Waals surface area contributed by atoms with E-state index >= 15 is 0 Å². The molecule has 3 heterocycles. The van der Waals surface area contributed by atoms with Gasteiger partial charge in [-0.25, -0.2) is 9.67 Å². The molecular weight excluding hydrogens is 394 g/mol. The Morgan fingerprint density at radius 2 is 1.97 bits per heavy atom. The molecule has 156 valence electrons. The molecule has 0 unspecified atom stereocenters. The fourth-order valence-electron chi connectivity index (χ4n) is 3.92. The van der Waals surface area contributed by atoms with Crippen LogP contribution < -0.4 is 21.2 Å². The van der Waals surface area contributed by atoms with Crippen LogP contribution in [0.4, 0.5) is 5.95 Å². The van der Waals surface area contributed by atoms with Crippen molar-refractivity contribution in [2.24, 2.45) is 0 Å². The molecule has 2 aromatic heterocycles. The number of anilines is 1. The van der Waals surface area contributed by atoms with Crippen molar-refractivity contribution in [2.75, 3.05) is 11.9 Å². The number of H-pyrrole nitrogens is 1. The van der Waals surface area contributed by atoms with Crippen molar-refractivity contribution in [3.8, 4) is 5.75 Å². The van der Waals surface area contributed by atoms with E-state index in [4.69, 9.17) is 4.74 Å². The van der Waals surface area contributed by atoms with Gasteiger partial charge in [0.05, 0.1) is 36.0 Å². The van der Waals surface area contributed by atoms with E-state index in [1.807, 2.05) is 42.5 Å². The number of rotatable bonds is 4. The topological polar surface area (TPSA) is 102 Å². The van der Waals surface area contributed by atoms with Gasteiger partial charge in [-0.2, -0.15) is 5.10 Å². The number of nitrogens with zero attached hydrogens (tertiary/aromatic N) is 3. The van der Waals surface area contributed by atoms with Crippen molar-refractivity contribution in [3.63, 3.8) is 0 Å². The summed E-state index contributed by atoms with van der Waals surface area (Å²) in [6.07, 6.45) is 2.39. The maximum atomic E-state index is 12.9. The first-order chi connectivity index (χ1) is 15.1. The maximum Gasteiger partial charge on any atom is 0.275 e. The highest BCUT2D eigenvalue weighted by Gasteiger charge is 2.22. The molecule has 0 bridgehead atoms. The first-order valence-corrected chi connectivity index (χ1v) is 10.2. The molecule has 1 aliphatic heterocycles. The van der Waals surface area contributed by atoms with Gasteiger partial charge in [-0.3, -0.25) is 14.6 Å². The minimum atomic E-state index is -0.512. The Balaban J connectivity index is 1.49. The Labute approximate surface area is 177 Å². The van der Waals surface area contributed by atoms with Gasteiger partial charge in [0.15, 0.2) is 0 Å². The first-order valence-electron chi connectivity index (χ1n) is 10.2. The van der Waals surface area contributed by atoms with Gasteiger partial charge in [0.2, 0.25) is 5.95 Å². The van der Waals surface area contributed by atoms with Crippen LogP contribution in [0.1, 0.15) is 36.7 Å². The Kier molecular flexibility index (Phi) is 4.74. The van der Waals surface area contributed by atoms with Crippen molar-refractivity contribution < 1.29 is 4.74 Å². The number of para-hydroxylation sites is 1. The summed E-state index contributed by atoms with van der Waals surface area (Å²) in [5.74, 6) is 1.18. The standard InChI is InChI=1S/C23H21N5O3/c1-14(28-22(30)16-7-3-2-6-15(16)13-24-28)19-12-21(29)27-23(26-19)25-18-10-11-31-20-9-5-4-8-17(18)20/h2-9,12-14,18H,10-11H2,1H3,(H2,25,26,27,29)/t14-,18-/m0/s1. The number of hydrogen-bond acceptors (Lipinski definition) is 6. The largest absolute Gasteiger partial charge is 0.493 e. The molecule has 31 heavy (non-hydrogen) atoms. The monoisotopic (exact) mass is 415 g/mol. The summed E-state index contributed by atoms with van der Waals surface area (Å²) in [4.78, 5) is 32.6. The summed E-state index contributed by atoms with van der Waals surface area (Å²) in [5, 5.41) is 8.97. The van der Waals surface area contributed by atoms with E-state index in [0.29, 0.717) is 23.6 Å². The van der Waals surface area contributed by atoms with Crippen LogP contribution in [0, 0.1) is 0 Å². The summed E-state index contributed by atoms with van der Waals surface area (Å²) in [7, 11) is 0. The van der Waals surface area contributed by atoms with Crippen LogP contribution >= 0.6 is 0 Å². The lowest BCUT2D eigenvalue weighted by Crippen LogP contribution is -2.28. The van der Waals surface area contributed by atoms with Crippen LogP contribution in [-0.2, 0) is 0 Å². The van der Waals surface area contributed by atoms with Crippen LogP contribution in [0.25, 0.3) is 10.8 Å². The van der Waals surface area contributed by atoms with Crippen molar-refractivity contribution in [1.82, 2.24) is 19.7 Å². The average molecular weight is 415 g/mol. The van der Waals surface area contributed by atoms with Gasteiger partial charge < -0.3 is 10.1 Å². The number of nitrogens with one attached hydrogen (secondary N) is 2. The minimum Gasteiger partial charge on any atom is -0.493 e. The molecule has 1 aliphatic rings. The van der Waals surface area contributed by atoms with Crippen molar-refractivity contribution >= 4 is 16.7 Å². The second-order valence-electron chi connectivity index (χ2n) is 7.55. The molecule has 2 N–H and O–H groups in total. The van der Waals surface area contributed by atoms with E-state index in [9.17, 15) is 9.59 Å². The molecule has 0 spiro atoms. The summed E-state index contributed by atoms with van der Waals surface area (Å²) >= 11 is 0. The number of benzene rings is 2. The van der Waals surface area contributed by atoms with E-state index < -0.39 is 6.04 Å². The second kappa shape index (κ2) is 7.71. The molecule has 0 saturated heterocycles. The molecule has 0 radical (unpaired) electrons. The van der Waals surface area contributed by atoms with Crippen LogP contribution in [0.15, 0.2) is 70.4 Å². The lowest BCUT2D eigenvalue weighted by molar-refractivity contribution is 0.274. The average Bonchev–Trinajstić information content (AvgIpc) is 2.79. The lowest BCUT2D eigenvalue weighted by atomic mass is 10.0. The normalized spacial score (nSPS) is 16.4. The van der Waals surface area contributed by atoms with Crippen LogP contribution in [-0.4, -0.2) is 26.4 Å². The molecule has 2 aromatic carbocycles. The van der Waals surface area contributed by atoms with Gasteiger partial charge in [-0.1, -0.05) is 36.4 Å². The predicted octanol–water partition coefficient (Wildman–Crippen LogP) is 3.02. The second-order valence-corrected chi connectivity index (χ2v) is 7.55. The molecule has 8 nitrogen and oxygen atoms in total. The molecule has 0 aliphatic carbocycles. The lowest BCUT2D eigenvalue weighted by Gasteiger charge is -2.27. The van der Waals surface area contributed by atoms with Crippen LogP contribution in [0.3, 0.4) is 0 Å². The quantitative estimate of drug-likeness (QED) is 0.531. The molecule has 5 rings (SSSR count). The van der Waals surface area contributed by atoms with E-state index in [1.165, 1.54) is 10.7 Å². The molecule has 4 aromatic rings. The van der Waals surface area contributed by atoms with Gasteiger partial charge in [0.25, 0.3) is 11.1 Å². The van der Waals surface area contributed by atoms with Crippen molar-refractivity contribution in [3.05, 3.63) is 92.8 Å². The van der Waals surface area contributed by atoms with Crippen LogP contribution in [0.5, 0.6) is 5.75 Å². The van der Waals surface area contributed by atoms with E-state index in [1.54, 1.807) is 19.2 Å². The SMILES string of the molecule is C[C@@H](c1cc(=O)[nH]c(N[C@H]2CCOc3ccccc32)n1)n1ncc2ccccc2c1=O. The Hall–Kier alpha value is -3.94. The zero-order valence-corrected chi connectivity index (χ0v) is 16.9. The Bertz CT molecular complexity index is 1380. The first kappa shape index (κ1) is 19.0. The molecular formula is C23H21N5O3. The number of ether oxygens (including phenoxy) is 1. The predicted molar refractivity (Wildman–Crippen MR) is 118 cm³/mol. The van der Waals surface area contributed by atoms with Gasteiger partial charge in [-0.15, -0.1) is 0 Å². The zero-order chi connectivity index (χ0) is 21.4. The third-order valence-corrected chi connectivity index (χ3v) is 5.55. The molecule has 0 amide bonds. The van der Waals surface area contributed by atoms with Gasteiger partial charge in [0, 0.05) is 23.4 Å². The molecule has 8 heteroatoms. The van der Waals surface area contributed by atoms with Crippen LogP contribution in [0.2, 0.25) is 0 Å². The smallest absolute Gasteiger partial charge is 0.275 e. The number of hydrogen-bond donors (Lipinski definition) is 2. The molecule has 0 fully saturated rings. The highest BCUT2D eigenvalue weighted by molar-refractivity contribution is 5.80.